The van der Waals surface area contributed by atoms with Crippen LogP contribution in [-0.4, -0.2) is 34.8 Å². The minimum absolute atomic E-state index is 0.0686. The van der Waals surface area contributed by atoms with Crippen LogP contribution in [-0.2, 0) is 0 Å². The van der Waals surface area contributed by atoms with Gasteiger partial charge in [-0.3, -0.25) is 4.79 Å². The number of hydrogen-bond acceptors (Lipinski definition) is 3. The number of nitrogens with zero attached hydrogens (tertiary/aromatic N) is 2. The first kappa shape index (κ1) is 12.9. The highest BCUT2D eigenvalue weighted by molar-refractivity contribution is 5.93. The molecule has 3 rings (SSSR count). The first-order chi connectivity index (χ1) is 9.83. The van der Waals surface area contributed by atoms with Crippen molar-refractivity contribution in [3.8, 4) is 5.69 Å². The van der Waals surface area contributed by atoms with E-state index in [0.717, 1.165) is 18.7 Å². The molecule has 104 valence electrons. The second-order valence-electron chi connectivity index (χ2n) is 5.01. The lowest BCUT2D eigenvalue weighted by atomic mass is 10.2. The summed E-state index contributed by atoms with van der Waals surface area (Å²) in [7, 11) is 0. The van der Waals surface area contributed by atoms with E-state index in [2.05, 4.69) is 15.7 Å². The maximum absolute atomic E-state index is 12.1. The molecule has 1 aliphatic heterocycles. The number of para-hydroxylation sites is 1. The fraction of sp³-hybridized carbons (Fsp3) is 0.333. The van der Waals surface area contributed by atoms with Crippen molar-refractivity contribution in [1.29, 1.82) is 0 Å². The van der Waals surface area contributed by atoms with Gasteiger partial charge in [0.2, 0.25) is 0 Å². The van der Waals surface area contributed by atoms with Crippen LogP contribution in [0.25, 0.3) is 5.69 Å². The van der Waals surface area contributed by atoms with Crippen LogP contribution in [0.15, 0.2) is 42.7 Å². The van der Waals surface area contributed by atoms with Gasteiger partial charge >= 0.3 is 0 Å². The van der Waals surface area contributed by atoms with Gasteiger partial charge in [-0.25, -0.2) is 4.68 Å². The highest BCUT2D eigenvalue weighted by Gasteiger charge is 2.16. The van der Waals surface area contributed by atoms with Gasteiger partial charge in [-0.05, 0) is 31.5 Å². The van der Waals surface area contributed by atoms with Crippen molar-refractivity contribution >= 4 is 5.91 Å². The average Bonchev–Trinajstić information content (AvgIpc) is 3.17. The van der Waals surface area contributed by atoms with Gasteiger partial charge in [-0.2, -0.15) is 5.10 Å². The fourth-order valence-electron chi connectivity index (χ4n) is 2.41. The Hall–Kier alpha value is -2.14. The first-order valence-electron chi connectivity index (χ1n) is 6.94. The third kappa shape index (κ3) is 2.88. The lowest BCUT2D eigenvalue weighted by molar-refractivity contribution is 0.0950. The van der Waals surface area contributed by atoms with Crippen LogP contribution in [0.5, 0.6) is 0 Å². The summed E-state index contributed by atoms with van der Waals surface area (Å²) in [5.74, 6) is -0.0686. The Morgan fingerprint density at radius 3 is 3.00 bits per heavy atom. The zero-order valence-corrected chi connectivity index (χ0v) is 11.2. The van der Waals surface area contributed by atoms with Crippen LogP contribution in [0, 0.1) is 0 Å². The molecular weight excluding hydrogens is 252 g/mol. The van der Waals surface area contributed by atoms with Gasteiger partial charge in [0, 0.05) is 18.8 Å². The van der Waals surface area contributed by atoms with E-state index in [1.807, 2.05) is 30.3 Å². The molecule has 1 aromatic carbocycles. The van der Waals surface area contributed by atoms with Crippen molar-refractivity contribution in [3.05, 3.63) is 48.3 Å². The summed E-state index contributed by atoms with van der Waals surface area (Å²) in [4.78, 5) is 12.1. The Morgan fingerprint density at radius 2 is 2.25 bits per heavy atom. The number of hydrogen-bond donors (Lipinski definition) is 2. The maximum Gasteiger partial charge on any atom is 0.254 e. The minimum Gasteiger partial charge on any atom is -0.350 e. The van der Waals surface area contributed by atoms with Crippen molar-refractivity contribution in [3.63, 3.8) is 0 Å². The molecular formula is C15H18N4O. The minimum atomic E-state index is -0.0686. The van der Waals surface area contributed by atoms with Crippen LogP contribution in [0.2, 0.25) is 0 Å². The molecule has 0 bridgehead atoms. The van der Waals surface area contributed by atoms with Crippen LogP contribution >= 0.6 is 0 Å². The highest BCUT2D eigenvalue weighted by Crippen LogP contribution is 2.08. The third-order valence-corrected chi connectivity index (χ3v) is 3.54. The Bertz CT molecular complexity index is 573. The molecule has 1 unspecified atom stereocenters. The predicted molar refractivity (Wildman–Crippen MR) is 76.9 cm³/mol. The normalized spacial score (nSPS) is 18.1. The molecule has 20 heavy (non-hydrogen) atoms. The van der Waals surface area contributed by atoms with Gasteiger partial charge in [0.1, 0.15) is 0 Å². The van der Waals surface area contributed by atoms with Gasteiger partial charge in [0.15, 0.2) is 0 Å². The summed E-state index contributed by atoms with van der Waals surface area (Å²) < 4.78 is 1.71. The van der Waals surface area contributed by atoms with Crippen LogP contribution in [0.3, 0.4) is 0 Å². The number of benzene rings is 1. The van der Waals surface area contributed by atoms with E-state index < -0.39 is 0 Å². The fourth-order valence-corrected chi connectivity index (χ4v) is 2.41. The topological polar surface area (TPSA) is 59.0 Å². The quantitative estimate of drug-likeness (QED) is 0.882. The van der Waals surface area contributed by atoms with Gasteiger partial charge in [0.05, 0.1) is 17.4 Å². The molecule has 0 aliphatic carbocycles. The van der Waals surface area contributed by atoms with Crippen molar-refractivity contribution in [1.82, 2.24) is 20.4 Å². The highest BCUT2D eigenvalue weighted by atomic mass is 16.1. The molecule has 1 amide bonds. The average molecular weight is 270 g/mol. The second-order valence-corrected chi connectivity index (χ2v) is 5.01. The second kappa shape index (κ2) is 5.88. The molecule has 1 fully saturated rings. The Kier molecular flexibility index (Phi) is 3.78. The Labute approximate surface area is 118 Å². The lowest BCUT2D eigenvalue weighted by Crippen LogP contribution is -2.37. The van der Waals surface area contributed by atoms with Crippen molar-refractivity contribution in [2.24, 2.45) is 0 Å². The first-order valence-corrected chi connectivity index (χ1v) is 6.94. The van der Waals surface area contributed by atoms with E-state index in [9.17, 15) is 4.79 Å². The molecule has 1 saturated heterocycles. The monoisotopic (exact) mass is 270 g/mol. The zero-order valence-electron chi connectivity index (χ0n) is 11.2. The number of rotatable bonds is 4. The Balaban J connectivity index is 1.62. The molecule has 1 atom stereocenters. The van der Waals surface area contributed by atoms with E-state index in [-0.39, 0.29) is 5.91 Å². The summed E-state index contributed by atoms with van der Waals surface area (Å²) in [6.45, 7) is 1.72. The van der Waals surface area contributed by atoms with E-state index >= 15 is 0 Å². The molecule has 5 nitrogen and oxygen atoms in total. The lowest BCUT2D eigenvalue weighted by Gasteiger charge is -2.10. The van der Waals surface area contributed by atoms with Crippen molar-refractivity contribution in [2.75, 3.05) is 13.1 Å². The van der Waals surface area contributed by atoms with E-state index in [1.54, 1.807) is 17.1 Å². The van der Waals surface area contributed by atoms with Crippen LogP contribution in [0.1, 0.15) is 23.2 Å². The number of aromatic nitrogens is 2. The van der Waals surface area contributed by atoms with Gasteiger partial charge in [-0.1, -0.05) is 18.2 Å². The van der Waals surface area contributed by atoms with E-state index in [1.165, 1.54) is 6.42 Å². The summed E-state index contributed by atoms with van der Waals surface area (Å²) in [5.41, 5.74) is 1.54. The van der Waals surface area contributed by atoms with Crippen LogP contribution in [0.4, 0.5) is 0 Å². The Morgan fingerprint density at radius 1 is 1.40 bits per heavy atom. The number of amides is 1. The van der Waals surface area contributed by atoms with Gasteiger partial charge in [0.25, 0.3) is 5.91 Å². The summed E-state index contributed by atoms with van der Waals surface area (Å²) in [6.07, 6.45) is 5.67. The molecule has 5 heteroatoms. The molecule has 1 aromatic heterocycles. The standard InChI is InChI=1S/C15H18N4O/c20-15(17-10-13-5-4-8-16-13)12-9-18-19(11-12)14-6-2-1-3-7-14/h1-3,6-7,9,11,13,16H,4-5,8,10H2,(H,17,20). The number of carbonyl (C=O) groups excluding carboxylic acids is 1. The largest absolute Gasteiger partial charge is 0.350 e. The van der Waals surface area contributed by atoms with Gasteiger partial charge in [-0.15, -0.1) is 0 Å². The SMILES string of the molecule is O=C(NCC1CCCN1)c1cnn(-c2ccccc2)c1. The smallest absolute Gasteiger partial charge is 0.254 e. The van der Waals surface area contributed by atoms with E-state index in [4.69, 9.17) is 0 Å². The molecule has 0 radical (unpaired) electrons. The number of carbonyl (C=O) groups is 1. The summed E-state index contributed by atoms with van der Waals surface area (Å²) in [5, 5.41) is 10.5. The summed E-state index contributed by atoms with van der Waals surface area (Å²) >= 11 is 0. The molecule has 2 aromatic rings. The van der Waals surface area contributed by atoms with Crippen LogP contribution < -0.4 is 10.6 Å². The molecule has 2 heterocycles. The maximum atomic E-state index is 12.1. The predicted octanol–water partition coefficient (Wildman–Crippen LogP) is 1.35. The zero-order chi connectivity index (χ0) is 13.8. The molecule has 0 spiro atoms. The van der Waals surface area contributed by atoms with Crippen molar-refractivity contribution < 1.29 is 4.79 Å². The number of nitrogens with one attached hydrogen (secondary N) is 2. The van der Waals surface area contributed by atoms with E-state index in [0.29, 0.717) is 18.2 Å². The molecule has 2 N–H and O–H groups in total. The molecule has 1 aliphatic rings. The molecule has 0 saturated carbocycles. The third-order valence-electron chi connectivity index (χ3n) is 3.54. The van der Waals surface area contributed by atoms with Gasteiger partial charge < -0.3 is 10.6 Å². The van der Waals surface area contributed by atoms with Crippen molar-refractivity contribution in [2.45, 2.75) is 18.9 Å². The summed E-state index contributed by atoms with van der Waals surface area (Å²) in [6, 6.07) is 10.2.